The number of carbonyl (C=O) groups is 2. The number of rotatable bonds is 6. The highest BCUT2D eigenvalue weighted by Gasteiger charge is 2.13. The van der Waals surface area contributed by atoms with Gasteiger partial charge < -0.3 is 14.5 Å². The molecule has 1 aromatic heterocycles. The lowest BCUT2D eigenvalue weighted by molar-refractivity contribution is -0.123. The van der Waals surface area contributed by atoms with Crippen LogP contribution in [0, 0.1) is 13.8 Å². The molecule has 0 aliphatic heterocycles. The zero-order chi connectivity index (χ0) is 20.1. The van der Waals surface area contributed by atoms with Crippen LogP contribution >= 0.6 is 0 Å². The molecule has 28 heavy (non-hydrogen) atoms. The third-order valence-corrected chi connectivity index (χ3v) is 4.16. The summed E-state index contributed by atoms with van der Waals surface area (Å²) in [4.78, 5) is 27.4. The van der Waals surface area contributed by atoms with Gasteiger partial charge in [0.1, 0.15) is 5.69 Å². The molecule has 146 valence electrons. The summed E-state index contributed by atoms with van der Waals surface area (Å²) >= 11 is 0. The number of amides is 2. The summed E-state index contributed by atoms with van der Waals surface area (Å²) in [6.07, 6.45) is 0. The fraction of sp³-hybridized carbons (Fsp3) is 0.238. The van der Waals surface area contributed by atoms with Crippen LogP contribution in [0.15, 0.2) is 42.5 Å². The SMILES string of the molecule is CCOc1ccccc1OCC(=O)NNC(=O)c1cc2c(C)cc(C)cc2[nH]1. The number of nitrogens with one attached hydrogen (secondary N) is 3. The molecule has 3 aromatic rings. The zero-order valence-corrected chi connectivity index (χ0v) is 16.1. The molecule has 0 bridgehead atoms. The Labute approximate surface area is 163 Å². The van der Waals surface area contributed by atoms with Gasteiger partial charge in [0, 0.05) is 10.9 Å². The van der Waals surface area contributed by atoms with E-state index < -0.39 is 11.8 Å². The molecule has 7 nitrogen and oxygen atoms in total. The van der Waals surface area contributed by atoms with Gasteiger partial charge in [0.05, 0.1) is 6.61 Å². The molecule has 0 aliphatic carbocycles. The molecule has 7 heteroatoms. The Bertz CT molecular complexity index is 1010. The molecule has 3 rings (SSSR count). The average molecular weight is 381 g/mol. The maximum atomic E-state index is 12.3. The van der Waals surface area contributed by atoms with E-state index in [-0.39, 0.29) is 6.61 Å². The van der Waals surface area contributed by atoms with Crippen molar-refractivity contribution in [2.75, 3.05) is 13.2 Å². The standard InChI is InChI=1S/C21H23N3O4/c1-4-27-18-7-5-6-8-19(18)28-12-20(25)23-24-21(26)17-11-15-14(3)9-13(2)10-16(15)22-17/h5-11,22H,4,12H2,1-3H3,(H,23,25)(H,24,26). The summed E-state index contributed by atoms with van der Waals surface area (Å²) in [5, 5.41) is 0.970. The lowest BCUT2D eigenvalue weighted by Gasteiger charge is -2.11. The maximum Gasteiger partial charge on any atom is 0.286 e. The third kappa shape index (κ3) is 4.43. The largest absolute Gasteiger partial charge is 0.490 e. The minimum absolute atomic E-state index is 0.255. The smallest absolute Gasteiger partial charge is 0.286 e. The molecule has 0 spiro atoms. The minimum Gasteiger partial charge on any atom is -0.490 e. The van der Waals surface area contributed by atoms with Gasteiger partial charge in [-0.2, -0.15) is 0 Å². The molecule has 1 heterocycles. The predicted molar refractivity (Wildman–Crippen MR) is 106 cm³/mol. The molecule has 0 saturated heterocycles. The average Bonchev–Trinajstić information content (AvgIpc) is 3.10. The Morgan fingerprint density at radius 2 is 1.71 bits per heavy atom. The number of aryl methyl sites for hydroxylation is 2. The van der Waals surface area contributed by atoms with E-state index in [0.717, 1.165) is 22.0 Å². The normalized spacial score (nSPS) is 10.5. The van der Waals surface area contributed by atoms with Crippen molar-refractivity contribution in [3.05, 3.63) is 59.3 Å². The molecular weight excluding hydrogens is 358 g/mol. The van der Waals surface area contributed by atoms with Gasteiger partial charge in [0.15, 0.2) is 18.1 Å². The molecule has 3 N–H and O–H groups in total. The second-order valence-electron chi connectivity index (χ2n) is 6.40. The van der Waals surface area contributed by atoms with Crippen molar-refractivity contribution in [3.8, 4) is 11.5 Å². The van der Waals surface area contributed by atoms with Crippen LogP contribution in [0.25, 0.3) is 10.9 Å². The van der Waals surface area contributed by atoms with E-state index in [2.05, 4.69) is 21.9 Å². The molecule has 2 aromatic carbocycles. The zero-order valence-electron chi connectivity index (χ0n) is 16.1. The van der Waals surface area contributed by atoms with Gasteiger partial charge in [-0.3, -0.25) is 20.4 Å². The van der Waals surface area contributed by atoms with Gasteiger partial charge in [-0.15, -0.1) is 0 Å². The number of aromatic nitrogens is 1. The summed E-state index contributed by atoms with van der Waals surface area (Å²) < 4.78 is 10.9. The number of carbonyl (C=O) groups excluding carboxylic acids is 2. The van der Waals surface area contributed by atoms with Gasteiger partial charge in [0.2, 0.25) is 0 Å². The van der Waals surface area contributed by atoms with E-state index in [9.17, 15) is 9.59 Å². The van der Waals surface area contributed by atoms with Crippen LogP contribution in [0.1, 0.15) is 28.5 Å². The molecule has 0 saturated carbocycles. The number of H-pyrrole nitrogens is 1. The first-order valence-corrected chi connectivity index (χ1v) is 9.01. The van der Waals surface area contributed by atoms with Crippen molar-refractivity contribution in [2.24, 2.45) is 0 Å². The van der Waals surface area contributed by atoms with Crippen LogP contribution < -0.4 is 20.3 Å². The second kappa shape index (κ2) is 8.47. The van der Waals surface area contributed by atoms with E-state index in [1.165, 1.54) is 0 Å². The van der Waals surface area contributed by atoms with E-state index in [4.69, 9.17) is 9.47 Å². The van der Waals surface area contributed by atoms with Crippen molar-refractivity contribution in [1.29, 1.82) is 0 Å². The summed E-state index contributed by atoms with van der Waals surface area (Å²) in [6.45, 7) is 6.09. The Morgan fingerprint density at radius 3 is 2.43 bits per heavy atom. The van der Waals surface area contributed by atoms with E-state index in [0.29, 0.717) is 23.8 Å². The fourth-order valence-corrected chi connectivity index (χ4v) is 2.94. The Morgan fingerprint density at radius 1 is 1.00 bits per heavy atom. The third-order valence-electron chi connectivity index (χ3n) is 4.16. The van der Waals surface area contributed by atoms with Gasteiger partial charge in [-0.25, -0.2) is 0 Å². The van der Waals surface area contributed by atoms with E-state index in [1.807, 2.05) is 32.9 Å². The molecule has 0 radical (unpaired) electrons. The fourth-order valence-electron chi connectivity index (χ4n) is 2.94. The molecule has 0 atom stereocenters. The number of aromatic amines is 1. The van der Waals surface area contributed by atoms with E-state index in [1.54, 1.807) is 24.3 Å². The number of fused-ring (bicyclic) bond motifs is 1. The first-order chi connectivity index (χ1) is 13.5. The Hall–Kier alpha value is -3.48. The van der Waals surface area contributed by atoms with Crippen molar-refractivity contribution in [2.45, 2.75) is 20.8 Å². The number of hydrazine groups is 1. The van der Waals surface area contributed by atoms with Crippen LogP contribution in [-0.4, -0.2) is 30.0 Å². The first-order valence-electron chi connectivity index (χ1n) is 9.01. The molecule has 2 amide bonds. The van der Waals surface area contributed by atoms with Crippen molar-refractivity contribution in [1.82, 2.24) is 15.8 Å². The topological polar surface area (TPSA) is 92.4 Å². The highest BCUT2D eigenvalue weighted by atomic mass is 16.5. The molecule has 0 fully saturated rings. The van der Waals surface area contributed by atoms with Crippen LogP contribution in [0.5, 0.6) is 11.5 Å². The maximum absolute atomic E-state index is 12.3. The van der Waals surface area contributed by atoms with Gasteiger partial charge in [-0.1, -0.05) is 18.2 Å². The first kappa shape index (κ1) is 19.3. The number of ether oxygens (including phenoxy) is 2. The van der Waals surface area contributed by atoms with Crippen molar-refractivity contribution >= 4 is 22.7 Å². The predicted octanol–water partition coefficient (Wildman–Crippen LogP) is 3.02. The number of benzene rings is 2. The summed E-state index contributed by atoms with van der Waals surface area (Å²) in [6, 6.07) is 12.9. The van der Waals surface area contributed by atoms with Crippen molar-refractivity contribution in [3.63, 3.8) is 0 Å². The minimum atomic E-state index is -0.484. The second-order valence-corrected chi connectivity index (χ2v) is 6.40. The van der Waals surface area contributed by atoms with Crippen LogP contribution in [-0.2, 0) is 4.79 Å². The lowest BCUT2D eigenvalue weighted by atomic mass is 10.1. The highest BCUT2D eigenvalue weighted by molar-refractivity contribution is 5.99. The Kier molecular flexibility index (Phi) is 5.84. The Balaban J connectivity index is 1.56. The van der Waals surface area contributed by atoms with E-state index >= 15 is 0 Å². The van der Waals surface area contributed by atoms with Crippen LogP contribution in [0.4, 0.5) is 0 Å². The highest BCUT2D eigenvalue weighted by Crippen LogP contribution is 2.26. The number of hydrogen-bond donors (Lipinski definition) is 3. The summed E-state index contributed by atoms with van der Waals surface area (Å²) in [5.41, 5.74) is 8.17. The van der Waals surface area contributed by atoms with Gasteiger partial charge >= 0.3 is 0 Å². The monoisotopic (exact) mass is 381 g/mol. The van der Waals surface area contributed by atoms with Crippen molar-refractivity contribution < 1.29 is 19.1 Å². The summed E-state index contributed by atoms with van der Waals surface area (Å²) in [5.74, 6) is 0.108. The quantitative estimate of drug-likeness (QED) is 0.572. The number of para-hydroxylation sites is 2. The van der Waals surface area contributed by atoms with Crippen LogP contribution in [0.3, 0.4) is 0 Å². The molecular formula is C21H23N3O4. The number of hydrogen-bond acceptors (Lipinski definition) is 4. The lowest BCUT2D eigenvalue weighted by Crippen LogP contribution is -2.43. The van der Waals surface area contributed by atoms with Gasteiger partial charge in [0.25, 0.3) is 11.8 Å². The van der Waals surface area contributed by atoms with Gasteiger partial charge in [-0.05, 0) is 56.2 Å². The summed E-state index contributed by atoms with van der Waals surface area (Å²) in [7, 11) is 0. The van der Waals surface area contributed by atoms with Crippen LogP contribution in [0.2, 0.25) is 0 Å². The molecule has 0 unspecified atom stereocenters. The molecule has 0 aliphatic rings.